The zero-order valence-corrected chi connectivity index (χ0v) is 7.37. The van der Waals surface area contributed by atoms with Gasteiger partial charge in [0.25, 0.3) is 0 Å². The van der Waals surface area contributed by atoms with Crippen LogP contribution in [-0.2, 0) is 4.74 Å². The van der Waals surface area contributed by atoms with Gasteiger partial charge >= 0.3 is 0 Å². The number of likely N-dealkylation sites (N-methyl/N-ethyl adjacent to an activating group) is 1. The summed E-state index contributed by atoms with van der Waals surface area (Å²) in [7, 11) is 3.97. The van der Waals surface area contributed by atoms with Crippen LogP contribution in [0.25, 0.3) is 0 Å². The van der Waals surface area contributed by atoms with E-state index >= 15 is 0 Å². The molecule has 0 aromatic heterocycles. The molecule has 1 heterocycles. The first-order valence-corrected chi connectivity index (χ1v) is 4.16. The first kappa shape index (κ1) is 7.32. The van der Waals surface area contributed by atoms with E-state index in [9.17, 15) is 0 Å². The van der Waals surface area contributed by atoms with E-state index in [1.54, 1.807) is 7.11 Å². The summed E-state index contributed by atoms with van der Waals surface area (Å²) < 4.78 is 5.37. The van der Waals surface area contributed by atoms with Gasteiger partial charge in [-0.15, -0.1) is 0 Å². The molecule has 0 aromatic rings. The molecule has 1 aliphatic carbocycles. The maximum atomic E-state index is 5.37. The molecule has 0 aromatic carbocycles. The molecule has 0 saturated carbocycles. The quantitative estimate of drug-likeness (QED) is 0.412. The Morgan fingerprint density at radius 3 is 3.00 bits per heavy atom. The SMILES string of the molecule is CO[C@@H]1C=C(C)C[C@@H]2[C@H]1N2C. The molecule has 0 amide bonds. The molecule has 2 rings (SSSR count). The summed E-state index contributed by atoms with van der Waals surface area (Å²) in [6.45, 7) is 2.19. The molecule has 11 heavy (non-hydrogen) atoms. The first-order chi connectivity index (χ1) is 5.24. The van der Waals surface area contributed by atoms with Crippen molar-refractivity contribution < 1.29 is 4.74 Å². The highest BCUT2D eigenvalue weighted by Gasteiger charge is 2.50. The van der Waals surface area contributed by atoms with Gasteiger partial charge in [0.2, 0.25) is 0 Å². The molecule has 4 atom stereocenters. The average molecular weight is 153 g/mol. The van der Waals surface area contributed by atoms with E-state index < -0.39 is 0 Å². The fourth-order valence-corrected chi connectivity index (χ4v) is 2.13. The summed E-state index contributed by atoms with van der Waals surface area (Å²) in [6, 6.07) is 1.44. The van der Waals surface area contributed by atoms with Gasteiger partial charge in [0.05, 0.1) is 12.1 Å². The number of methoxy groups -OCH3 is 1. The lowest BCUT2D eigenvalue weighted by Crippen LogP contribution is -2.22. The highest BCUT2D eigenvalue weighted by Crippen LogP contribution is 2.39. The lowest BCUT2D eigenvalue weighted by Gasteiger charge is -2.15. The summed E-state index contributed by atoms with van der Waals surface area (Å²) in [5.41, 5.74) is 1.47. The second-order valence-electron chi connectivity index (χ2n) is 3.64. The first-order valence-electron chi connectivity index (χ1n) is 4.16. The maximum absolute atomic E-state index is 5.37. The molecular weight excluding hydrogens is 138 g/mol. The van der Waals surface area contributed by atoms with E-state index in [2.05, 4.69) is 24.9 Å². The topological polar surface area (TPSA) is 12.2 Å². The van der Waals surface area contributed by atoms with Crippen molar-refractivity contribution in [2.24, 2.45) is 0 Å². The van der Waals surface area contributed by atoms with Gasteiger partial charge in [-0.05, 0) is 20.4 Å². The van der Waals surface area contributed by atoms with Gasteiger partial charge in [-0.3, -0.25) is 4.90 Å². The summed E-state index contributed by atoms with van der Waals surface area (Å²) in [5.74, 6) is 0. The van der Waals surface area contributed by atoms with Crippen LogP contribution < -0.4 is 0 Å². The van der Waals surface area contributed by atoms with Crippen molar-refractivity contribution in [1.82, 2.24) is 4.90 Å². The maximum Gasteiger partial charge on any atom is 0.0925 e. The summed E-state index contributed by atoms with van der Waals surface area (Å²) in [6.07, 6.45) is 3.84. The van der Waals surface area contributed by atoms with Crippen LogP contribution in [-0.4, -0.2) is 37.2 Å². The predicted octanol–water partition coefficient (Wildman–Crippen LogP) is 1.03. The molecule has 1 aliphatic heterocycles. The third-order valence-electron chi connectivity index (χ3n) is 2.89. The lowest BCUT2D eigenvalue weighted by atomic mass is 9.99. The number of hydrogen-bond donors (Lipinski definition) is 0. The van der Waals surface area contributed by atoms with E-state index in [1.807, 2.05) is 0 Å². The van der Waals surface area contributed by atoms with Gasteiger partial charge in [0.1, 0.15) is 0 Å². The molecule has 0 bridgehead atoms. The molecule has 2 nitrogen and oxygen atoms in total. The van der Waals surface area contributed by atoms with E-state index in [1.165, 1.54) is 12.0 Å². The monoisotopic (exact) mass is 153 g/mol. The van der Waals surface area contributed by atoms with Gasteiger partial charge in [0.15, 0.2) is 0 Å². The van der Waals surface area contributed by atoms with E-state index in [-0.39, 0.29) is 0 Å². The molecule has 0 radical (unpaired) electrons. The molecule has 1 fully saturated rings. The fourth-order valence-electron chi connectivity index (χ4n) is 2.13. The Kier molecular flexibility index (Phi) is 1.55. The minimum Gasteiger partial charge on any atom is -0.376 e. The highest BCUT2D eigenvalue weighted by molar-refractivity contribution is 5.23. The predicted molar refractivity (Wildman–Crippen MR) is 44.5 cm³/mol. The van der Waals surface area contributed by atoms with Crippen LogP contribution in [0.5, 0.6) is 0 Å². The third kappa shape index (κ3) is 1.01. The van der Waals surface area contributed by atoms with Crippen LogP contribution in [0.4, 0.5) is 0 Å². The average Bonchev–Trinajstić information content (AvgIpc) is 2.61. The van der Waals surface area contributed by atoms with Crippen molar-refractivity contribution in [3.05, 3.63) is 11.6 Å². The Bertz CT molecular complexity index is 200. The summed E-state index contributed by atoms with van der Waals surface area (Å²) in [4.78, 5) is 2.39. The van der Waals surface area contributed by atoms with Gasteiger partial charge in [-0.2, -0.15) is 0 Å². The molecular formula is C9H15NO. The number of rotatable bonds is 1. The largest absolute Gasteiger partial charge is 0.376 e. The Morgan fingerprint density at radius 2 is 2.36 bits per heavy atom. The zero-order chi connectivity index (χ0) is 8.01. The van der Waals surface area contributed by atoms with Crippen LogP contribution in [0, 0.1) is 0 Å². The van der Waals surface area contributed by atoms with Crippen molar-refractivity contribution in [3.63, 3.8) is 0 Å². The smallest absolute Gasteiger partial charge is 0.0925 e. The van der Waals surface area contributed by atoms with Crippen molar-refractivity contribution >= 4 is 0 Å². The molecule has 1 saturated heterocycles. The zero-order valence-electron chi connectivity index (χ0n) is 7.37. The second-order valence-corrected chi connectivity index (χ2v) is 3.64. The number of hydrogen-bond acceptors (Lipinski definition) is 2. The standard InChI is InChI=1S/C9H15NO/c1-6-4-7-9(10(7)2)8(5-6)11-3/h5,7-9H,4H2,1-3H3/t7-,8-,9-,10?/m1/s1. The van der Waals surface area contributed by atoms with Crippen LogP contribution in [0.15, 0.2) is 11.6 Å². The minimum atomic E-state index is 0.346. The second kappa shape index (κ2) is 2.32. The molecule has 2 aliphatic rings. The summed E-state index contributed by atoms with van der Waals surface area (Å²) >= 11 is 0. The minimum absolute atomic E-state index is 0.346. The third-order valence-corrected chi connectivity index (χ3v) is 2.89. The van der Waals surface area contributed by atoms with Crippen LogP contribution in [0.1, 0.15) is 13.3 Å². The molecule has 0 spiro atoms. The lowest BCUT2D eigenvalue weighted by molar-refractivity contribution is 0.127. The fraction of sp³-hybridized carbons (Fsp3) is 0.778. The Balaban J connectivity index is 2.13. The highest BCUT2D eigenvalue weighted by atomic mass is 16.5. The van der Waals surface area contributed by atoms with Gasteiger partial charge in [-0.25, -0.2) is 0 Å². The van der Waals surface area contributed by atoms with Crippen molar-refractivity contribution in [2.45, 2.75) is 31.5 Å². The molecule has 62 valence electrons. The van der Waals surface area contributed by atoms with E-state index in [0.717, 1.165) is 6.04 Å². The van der Waals surface area contributed by atoms with Gasteiger partial charge in [-0.1, -0.05) is 11.6 Å². The van der Waals surface area contributed by atoms with Crippen molar-refractivity contribution in [2.75, 3.05) is 14.2 Å². The van der Waals surface area contributed by atoms with E-state index in [4.69, 9.17) is 4.74 Å². The van der Waals surface area contributed by atoms with Gasteiger partial charge < -0.3 is 4.74 Å². The normalized spacial score (nSPS) is 48.1. The van der Waals surface area contributed by atoms with Crippen molar-refractivity contribution in [3.8, 4) is 0 Å². The van der Waals surface area contributed by atoms with E-state index in [0.29, 0.717) is 12.1 Å². The number of ether oxygens (including phenoxy) is 1. The molecule has 0 N–H and O–H groups in total. The van der Waals surface area contributed by atoms with Crippen molar-refractivity contribution in [1.29, 1.82) is 0 Å². The van der Waals surface area contributed by atoms with Crippen LogP contribution in [0.3, 0.4) is 0 Å². The number of fused-ring (bicyclic) bond motifs is 1. The van der Waals surface area contributed by atoms with Crippen LogP contribution in [0.2, 0.25) is 0 Å². The summed E-state index contributed by atoms with van der Waals surface area (Å²) in [5, 5.41) is 0. The molecule has 1 unspecified atom stereocenters. The van der Waals surface area contributed by atoms with Crippen LogP contribution >= 0.6 is 0 Å². The van der Waals surface area contributed by atoms with Gasteiger partial charge in [0, 0.05) is 13.2 Å². The number of nitrogens with zero attached hydrogens (tertiary/aromatic N) is 1. The Hall–Kier alpha value is -0.340. The Morgan fingerprint density at radius 1 is 1.64 bits per heavy atom. The molecule has 2 heteroatoms. The Labute approximate surface area is 67.8 Å².